The van der Waals surface area contributed by atoms with E-state index in [0.29, 0.717) is 43.7 Å². The highest BCUT2D eigenvalue weighted by Gasteiger charge is 2.22. The standard InChI is InChI=1S/C14H23N5O3/c1-9(2)8-11-17-13(22-18-11)10(3)16-14(21)19-6-4-12(20)15-5-7-19/h9-10H,4-8H2,1-3H3,(H,15,20)(H,16,21)/t10-/m0/s1. The van der Waals surface area contributed by atoms with E-state index in [1.165, 1.54) is 0 Å². The minimum absolute atomic E-state index is 0.0291. The monoisotopic (exact) mass is 309 g/mol. The summed E-state index contributed by atoms with van der Waals surface area (Å²) < 4.78 is 5.20. The van der Waals surface area contributed by atoms with Crippen molar-refractivity contribution >= 4 is 11.9 Å². The van der Waals surface area contributed by atoms with Crippen molar-refractivity contribution in [3.8, 4) is 0 Å². The smallest absolute Gasteiger partial charge is 0.318 e. The van der Waals surface area contributed by atoms with Crippen LogP contribution >= 0.6 is 0 Å². The van der Waals surface area contributed by atoms with E-state index < -0.39 is 0 Å². The molecule has 0 aliphatic carbocycles. The van der Waals surface area contributed by atoms with Gasteiger partial charge in [0.05, 0.1) is 0 Å². The molecule has 1 aromatic rings. The van der Waals surface area contributed by atoms with Crippen LogP contribution in [0.15, 0.2) is 4.52 Å². The lowest BCUT2D eigenvalue weighted by Crippen LogP contribution is -2.42. The van der Waals surface area contributed by atoms with Gasteiger partial charge in [0.15, 0.2) is 5.82 Å². The van der Waals surface area contributed by atoms with Crippen LogP contribution in [0.4, 0.5) is 4.79 Å². The van der Waals surface area contributed by atoms with Crippen molar-refractivity contribution in [1.82, 2.24) is 25.7 Å². The lowest BCUT2D eigenvalue weighted by molar-refractivity contribution is -0.120. The van der Waals surface area contributed by atoms with Gasteiger partial charge in [0.25, 0.3) is 0 Å². The summed E-state index contributed by atoms with van der Waals surface area (Å²) in [7, 11) is 0. The van der Waals surface area contributed by atoms with Crippen molar-refractivity contribution in [3.63, 3.8) is 0 Å². The van der Waals surface area contributed by atoms with E-state index >= 15 is 0 Å². The fraction of sp³-hybridized carbons (Fsp3) is 0.714. The molecule has 0 spiro atoms. The van der Waals surface area contributed by atoms with Crippen LogP contribution in [0.5, 0.6) is 0 Å². The zero-order chi connectivity index (χ0) is 16.1. The summed E-state index contributed by atoms with van der Waals surface area (Å²) in [6, 6.07) is -0.597. The maximum Gasteiger partial charge on any atom is 0.318 e. The molecule has 3 amide bonds. The van der Waals surface area contributed by atoms with Crippen LogP contribution in [-0.2, 0) is 11.2 Å². The molecule has 0 aromatic carbocycles. The topological polar surface area (TPSA) is 100 Å². The second-order valence-electron chi connectivity index (χ2n) is 5.90. The summed E-state index contributed by atoms with van der Waals surface area (Å²) in [6.07, 6.45) is 1.06. The average molecular weight is 309 g/mol. The number of carbonyl (C=O) groups excluding carboxylic acids is 2. The molecule has 1 aliphatic rings. The Labute approximate surface area is 129 Å². The quantitative estimate of drug-likeness (QED) is 0.859. The average Bonchev–Trinajstić information content (AvgIpc) is 2.78. The van der Waals surface area contributed by atoms with Crippen LogP contribution in [0.3, 0.4) is 0 Å². The molecule has 0 radical (unpaired) electrons. The molecule has 2 N–H and O–H groups in total. The number of hydrogen-bond acceptors (Lipinski definition) is 5. The van der Waals surface area contributed by atoms with Gasteiger partial charge in [-0.1, -0.05) is 19.0 Å². The van der Waals surface area contributed by atoms with Crippen LogP contribution in [0.25, 0.3) is 0 Å². The first kappa shape index (κ1) is 16.3. The molecular weight excluding hydrogens is 286 g/mol. The molecule has 0 bridgehead atoms. The van der Waals surface area contributed by atoms with Gasteiger partial charge < -0.3 is 20.1 Å². The first-order valence-corrected chi connectivity index (χ1v) is 7.60. The number of urea groups is 1. The number of nitrogens with zero attached hydrogens (tertiary/aromatic N) is 3. The molecule has 122 valence electrons. The van der Waals surface area contributed by atoms with E-state index in [1.54, 1.807) is 11.8 Å². The summed E-state index contributed by atoms with van der Waals surface area (Å²) in [4.78, 5) is 29.4. The van der Waals surface area contributed by atoms with E-state index in [9.17, 15) is 9.59 Å². The van der Waals surface area contributed by atoms with Crippen molar-refractivity contribution < 1.29 is 14.1 Å². The highest BCUT2D eigenvalue weighted by atomic mass is 16.5. The van der Waals surface area contributed by atoms with Gasteiger partial charge in [-0.2, -0.15) is 4.98 Å². The molecule has 1 fully saturated rings. The predicted molar refractivity (Wildman–Crippen MR) is 79.0 cm³/mol. The molecule has 1 atom stereocenters. The molecule has 8 heteroatoms. The zero-order valence-corrected chi connectivity index (χ0v) is 13.3. The molecule has 2 heterocycles. The Morgan fingerprint density at radius 2 is 2.18 bits per heavy atom. The first-order chi connectivity index (χ1) is 10.5. The number of nitrogens with one attached hydrogen (secondary N) is 2. The summed E-state index contributed by atoms with van der Waals surface area (Å²) >= 11 is 0. The highest BCUT2D eigenvalue weighted by Crippen LogP contribution is 2.12. The maximum atomic E-state index is 12.2. The molecule has 8 nitrogen and oxygen atoms in total. The number of hydrogen-bond donors (Lipinski definition) is 2. The molecule has 22 heavy (non-hydrogen) atoms. The minimum Gasteiger partial charge on any atom is -0.354 e. The number of rotatable bonds is 4. The predicted octanol–water partition coefficient (Wildman–Crippen LogP) is 0.861. The molecule has 1 saturated heterocycles. The van der Waals surface area contributed by atoms with Crippen LogP contribution in [0.1, 0.15) is 44.9 Å². The van der Waals surface area contributed by atoms with Crippen molar-refractivity contribution in [3.05, 3.63) is 11.7 Å². The molecule has 0 unspecified atom stereocenters. The van der Waals surface area contributed by atoms with Gasteiger partial charge in [-0.15, -0.1) is 0 Å². The van der Waals surface area contributed by atoms with E-state index in [-0.39, 0.29) is 18.0 Å². The van der Waals surface area contributed by atoms with Gasteiger partial charge in [-0.25, -0.2) is 4.79 Å². The first-order valence-electron chi connectivity index (χ1n) is 7.60. The third-order valence-corrected chi connectivity index (χ3v) is 3.38. The summed E-state index contributed by atoms with van der Waals surface area (Å²) in [5, 5.41) is 9.48. The second-order valence-corrected chi connectivity index (χ2v) is 5.90. The van der Waals surface area contributed by atoms with E-state index in [4.69, 9.17) is 4.52 Å². The lowest BCUT2D eigenvalue weighted by Gasteiger charge is -2.21. The summed E-state index contributed by atoms with van der Waals surface area (Å²) in [5.41, 5.74) is 0. The Morgan fingerprint density at radius 3 is 2.91 bits per heavy atom. The number of aromatic nitrogens is 2. The molecule has 1 aliphatic heterocycles. The fourth-order valence-corrected chi connectivity index (χ4v) is 2.20. The van der Waals surface area contributed by atoms with Gasteiger partial charge in [0.2, 0.25) is 11.8 Å². The van der Waals surface area contributed by atoms with Gasteiger partial charge in [0.1, 0.15) is 6.04 Å². The number of carbonyl (C=O) groups is 2. The SMILES string of the molecule is CC(C)Cc1noc([C@H](C)NC(=O)N2CCNC(=O)CC2)n1. The second kappa shape index (κ2) is 7.24. The summed E-state index contributed by atoms with van der Waals surface area (Å²) in [6.45, 7) is 7.33. The third kappa shape index (κ3) is 4.44. The Hall–Kier alpha value is -2.12. The zero-order valence-electron chi connectivity index (χ0n) is 13.3. The largest absolute Gasteiger partial charge is 0.354 e. The van der Waals surface area contributed by atoms with Gasteiger partial charge in [0, 0.05) is 32.5 Å². The Morgan fingerprint density at radius 1 is 1.41 bits per heavy atom. The Bertz CT molecular complexity index is 528. The van der Waals surface area contributed by atoms with Crippen LogP contribution in [0.2, 0.25) is 0 Å². The Balaban J connectivity index is 1.90. The van der Waals surface area contributed by atoms with E-state index in [2.05, 4.69) is 34.6 Å². The van der Waals surface area contributed by atoms with Gasteiger partial charge in [-0.05, 0) is 12.8 Å². The van der Waals surface area contributed by atoms with Crippen molar-refractivity contribution in [2.24, 2.45) is 5.92 Å². The fourth-order valence-electron chi connectivity index (χ4n) is 2.20. The van der Waals surface area contributed by atoms with Crippen molar-refractivity contribution in [2.45, 2.75) is 39.7 Å². The van der Waals surface area contributed by atoms with Crippen LogP contribution in [0, 0.1) is 5.92 Å². The van der Waals surface area contributed by atoms with Crippen molar-refractivity contribution in [2.75, 3.05) is 19.6 Å². The highest BCUT2D eigenvalue weighted by molar-refractivity contribution is 5.79. The third-order valence-electron chi connectivity index (χ3n) is 3.38. The normalized spacial score (nSPS) is 17.1. The molecule has 2 rings (SSSR count). The molecular formula is C14H23N5O3. The van der Waals surface area contributed by atoms with Crippen molar-refractivity contribution in [1.29, 1.82) is 0 Å². The van der Waals surface area contributed by atoms with Gasteiger partial charge in [-0.3, -0.25) is 4.79 Å². The molecule has 0 saturated carbocycles. The Kier molecular flexibility index (Phi) is 5.35. The minimum atomic E-state index is -0.368. The molecule has 1 aromatic heterocycles. The summed E-state index contributed by atoms with van der Waals surface area (Å²) in [5.74, 6) is 1.46. The van der Waals surface area contributed by atoms with Crippen LogP contribution in [-0.4, -0.2) is 46.6 Å². The maximum absolute atomic E-state index is 12.2. The van der Waals surface area contributed by atoms with E-state index in [1.807, 2.05) is 0 Å². The van der Waals surface area contributed by atoms with Crippen LogP contribution < -0.4 is 10.6 Å². The van der Waals surface area contributed by atoms with Gasteiger partial charge >= 0.3 is 6.03 Å². The number of amides is 3. The van der Waals surface area contributed by atoms with E-state index in [0.717, 1.165) is 6.42 Å². The lowest BCUT2D eigenvalue weighted by atomic mass is 10.1.